The van der Waals surface area contributed by atoms with Gasteiger partial charge in [0.2, 0.25) is 0 Å². The van der Waals surface area contributed by atoms with Crippen LogP contribution in [-0.4, -0.2) is 36.8 Å². The molecule has 0 N–H and O–H groups in total. The van der Waals surface area contributed by atoms with Gasteiger partial charge in [-0.2, -0.15) is 13.2 Å². The number of aliphatic imine (C=N–C) groups is 1. The quantitative estimate of drug-likeness (QED) is 0.391. The van der Waals surface area contributed by atoms with E-state index in [-0.39, 0.29) is 44.5 Å². The number of pyridine rings is 1. The average molecular weight is 522 g/mol. The minimum Gasteiger partial charge on any atom is -0.289 e. The lowest BCUT2D eigenvalue weighted by Gasteiger charge is -2.21. The molecular formula is C25H19F5N2O3S. The van der Waals surface area contributed by atoms with Gasteiger partial charge in [0.25, 0.3) is 0 Å². The Hall–Kier alpha value is -3.47. The maximum absolute atomic E-state index is 13.7. The normalized spacial score (nSPS) is 19.5. The maximum atomic E-state index is 13.7. The van der Waals surface area contributed by atoms with Crippen LogP contribution in [0, 0.1) is 17.6 Å². The van der Waals surface area contributed by atoms with Crippen LogP contribution < -0.4 is 0 Å². The summed E-state index contributed by atoms with van der Waals surface area (Å²) < 4.78 is 94.2. The first-order valence-electron chi connectivity index (χ1n) is 10.8. The van der Waals surface area contributed by atoms with Crippen molar-refractivity contribution in [2.45, 2.75) is 31.8 Å². The molecule has 36 heavy (non-hydrogen) atoms. The van der Waals surface area contributed by atoms with Gasteiger partial charge in [-0.05, 0) is 36.8 Å². The molecule has 0 amide bonds. The second-order valence-electron chi connectivity index (χ2n) is 8.24. The molecule has 0 saturated carbocycles. The summed E-state index contributed by atoms with van der Waals surface area (Å²) in [6.45, 7) is 4.23. The number of nitrogens with zero attached hydrogens (tertiary/aromatic N) is 2. The maximum Gasteiger partial charge on any atom is 0.417 e. The Morgan fingerprint density at radius 2 is 1.69 bits per heavy atom. The van der Waals surface area contributed by atoms with Gasteiger partial charge in [-0.15, -0.1) is 0 Å². The van der Waals surface area contributed by atoms with Crippen molar-refractivity contribution in [3.05, 3.63) is 82.4 Å². The lowest BCUT2D eigenvalue weighted by molar-refractivity contribution is -0.115. The van der Waals surface area contributed by atoms with Gasteiger partial charge in [0.15, 0.2) is 15.6 Å². The zero-order chi connectivity index (χ0) is 26.6. The Kier molecular flexibility index (Phi) is 6.32. The van der Waals surface area contributed by atoms with Crippen LogP contribution in [0.2, 0.25) is 0 Å². The number of allylic oxidation sites excluding steroid dienone is 5. The summed E-state index contributed by atoms with van der Waals surface area (Å²) in [6, 6.07) is 3.88. The van der Waals surface area contributed by atoms with Crippen LogP contribution in [0.25, 0.3) is 11.1 Å². The first-order valence-corrected chi connectivity index (χ1v) is 12.5. The number of hydrogen-bond acceptors (Lipinski definition) is 5. The van der Waals surface area contributed by atoms with Gasteiger partial charge in [0.05, 0.1) is 27.6 Å². The number of ketones is 1. The third kappa shape index (κ3) is 4.32. The molecule has 0 bridgehead atoms. The number of aromatic nitrogens is 1. The molecule has 2 aromatic rings. The lowest BCUT2D eigenvalue weighted by atomic mass is 9.83. The molecule has 1 aromatic heterocycles. The number of sulfone groups is 1. The molecular weight excluding hydrogens is 503 g/mol. The topological polar surface area (TPSA) is 76.5 Å². The monoisotopic (exact) mass is 522 g/mol. The van der Waals surface area contributed by atoms with E-state index in [1.807, 2.05) is 0 Å². The summed E-state index contributed by atoms with van der Waals surface area (Å²) in [5.41, 5.74) is -1.83. The van der Waals surface area contributed by atoms with E-state index in [4.69, 9.17) is 0 Å². The van der Waals surface area contributed by atoms with Crippen molar-refractivity contribution < 1.29 is 35.2 Å². The molecule has 1 aromatic carbocycles. The summed E-state index contributed by atoms with van der Waals surface area (Å²) in [7, 11) is -3.98. The summed E-state index contributed by atoms with van der Waals surface area (Å²) in [6.07, 6.45) is -1.75. The van der Waals surface area contributed by atoms with E-state index in [1.54, 1.807) is 0 Å². The number of carbonyl (C=O) groups is 1. The van der Waals surface area contributed by atoms with Crippen LogP contribution in [0.5, 0.6) is 0 Å². The molecule has 0 spiro atoms. The molecule has 1 unspecified atom stereocenters. The zero-order valence-corrected chi connectivity index (χ0v) is 20.1. The third-order valence-corrected chi connectivity index (χ3v) is 7.76. The first kappa shape index (κ1) is 25.6. The molecule has 11 heteroatoms. The van der Waals surface area contributed by atoms with Gasteiger partial charge in [0.1, 0.15) is 17.3 Å². The highest BCUT2D eigenvalue weighted by atomic mass is 32.2. The van der Waals surface area contributed by atoms with Crippen molar-refractivity contribution in [1.82, 2.24) is 4.98 Å². The molecule has 1 aliphatic carbocycles. The third-order valence-electron chi connectivity index (χ3n) is 6.02. The predicted octanol–water partition coefficient (Wildman–Crippen LogP) is 5.53. The van der Waals surface area contributed by atoms with Crippen molar-refractivity contribution in [2.24, 2.45) is 10.9 Å². The second kappa shape index (κ2) is 8.88. The molecule has 0 radical (unpaired) electrons. The fraction of sp³-hybridized carbons (Fsp3) is 0.240. The molecule has 5 nitrogen and oxygen atoms in total. The Balaban J connectivity index is 1.89. The van der Waals surface area contributed by atoms with E-state index in [0.717, 1.165) is 24.3 Å². The van der Waals surface area contributed by atoms with Crippen molar-refractivity contribution >= 4 is 21.3 Å². The summed E-state index contributed by atoms with van der Waals surface area (Å²) in [4.78, 5) is 21.1. The summed E-state index contributed by atoms with van der Waals surface area (Å²) in [5.74, 6) is -3.79. The minimum atomic E-state index is -4.80. The Labute approximate surface area is 203 Å². The standard InChI is InChI=1S/C25H19F5N2O3S/c1-4-17-18(25(28,29)30)10-19-21(24(17)33)12(3)22(32-19)23-20(36(34,35)5-2)8-14(11-31-23)13-6-15(26)9-16(27)7-13/h4,6-12H,5H2,1-3H3/b17-4+. The van der Waals surface area contributed by atoms with Crippen LogP contribution in [0.3, 0.4) is 0 Å². The van der Waals surface area contributed by atoms with Crippen LogP contribution in [0.15, 0.2) is 74.9 Å². The SMILES string of the molecule is C/C=C1/C(=O)C2=C(C=C1C(F)(F)F)N=C(c1ncc(-c3cc(F)cc(F)c3)cc1S(=O)(=O)CC)C2C. The molecule has 0 fully saturated rings. The van der Waals surface area contributed by atoms with Crippen LogP contribution in [-0.2, 0) is 14.6 Å². The van der Waals surface area contributed by atoms with E-state index in [1.165, 1.54) is 33.0 Å². The van der Waals surface area contributed by atoms with Gasteiger partial charge in [-0.25, -0.2) is 17.2 Å². The highest BCUT2D eigenvalue weighted by molar-refractivity contribution is 7.91. The Morgan fingerprint density at radius 1 is 1.06 bits per heavy atom. The van der Waals surface area contributed by atoms with Crippen molar-refractivity contribution in [2.75, 3.05) is 5.75 Å². The first-order chi connectivity index (χ1) is 16.8. The molecule has 2 aliphatic rings. The van der Waals surface area contributed by atoms with E-state index < -0.39 is 50.5 Å². The highest BCUT2D eigenvalue weighted by Gasteiger charge is 2.45. The molecule has 1 aliphatic heterocycles. The molecule has 2 heterocycles. The fourth-order valence-corrected chi connectivity index (χ4v) is 5.31. The molecule has 1 atom stereocenters. The predicted molar refractivity (Wildman–Crippen MR) is 123 cm³/mol. The number of halogens is 5. The largest absolute Gasteiger partial charge is 0.417 e. The van der Waals surface area contributed by atoms with E-state index >= 15 is 0 Å². The van der Waals surface area contributed by atoms with Crippen LogP contribution in [0.4, 0.5) is 22.0 Å². The van der Waals surface area contributed by atoms with E-state index in [9.17, 15) is 35.2 Å². The number of rotatable bonds is 4. The molecule has 188 valence electrons. The smallest absolute Gasteiger partial charge is 0.289 e. The summed E-state index contributed by atoms with van der Waals surface area (Å²) in [5, 5.41) is 0. The van der Waals surface area contributed by atoms with Crippen molar-refractivity contribution in [3.63, 3.8) is 0 Å². The minimum absolute atomic E-state index is 0.00373. The van der Waals surface area contributed by atoms with Crippen LogP contribution >= 0.6 is 0 Å². The van der Waals surface area contributed by atoms with Crippen LogP contribution in [0.1, 0.15) is 26.5 Å². The Bertz CT molecular complexity index is 1510. The van der Waals surface area contributed by atoms with Gasteiger partial charge in [-0.3, -0.25) is 14.8 Å². The number of hydrogen-bond donors (Lipinski definition) is 0. The number of Topliss-reactive ketones (excluding diaryl/α,β-unsaturated/α-hetero) is 1. The summed E-state index contributed by atoms with van der Waals surface area (Å²) >= 11 is 0. The van der Waals surface area contributed by atoms with E-state index in [0.29, 0.717) is 6.07 Å². The average Bonchev–Trinajstić information content (AvgIpc) is 3.13. The zero-order valence-electron chi connectivity index (χ0n) is 19.2. The second-order valence-corrected chi connectivity index (χ2v) is 10.5. The van der Waals surface area contributed by atoms with Gasteiger partial charge >= 0.3 is 6.18 Å². The van der Waals surface area contributed by atoms with Crippen molar-refractivity contribution in [1.29, 1.82) is 0 Å². The number of alkyl halides is 3. The van der Waals surface area contributed by atoms with Crippen molar-refractivity contribution in [3.8, 4) is 11.1 Å². The Morgan fingerprint density at radius 3 is 2.25 bits per heavy atom. The number of carbonyl (C=O) groups excluding carboxylic acids is 1. The number of benzene rings is 1. The van der Waals surface area contributed by atoms with Gasteiger partial charge < -0.3 is 0 Å². The fourth-order valence-electron chi connectivity index (χ4n) is 4.24. The highest BCUT2D eigenvalue weighted by Crippen LogP contribution is 2.43. The van der Waals surface area contributed by atoms with E-state index in [2.05, 4.69) is 9.98 Å². The molecule has 0 saturated heterocycles. The molecule has 4 rings (SSSR count). The lowest BCUT2D eigenvalue weighted by Crippen LogP contribution is -2.26. The van der Waals surface area contributed by atoms with Gasteiger partial charge in [0, 0.05) is 34.9 Å². The van der Waals surface area contributed by atoms with Gasteiger partial charge in [-0.1, -0.05) is 19.9 Å².